The average Bonchev–Trinajstić information content (AvgIpc) is 2.71. The fourth-order valence-corrected chi connectivity index (χ4v) is 2.25. The van der Waals surface area contributed by atoms with Crippen LogP contribution in [0.3, 0.4) is 0 Å². The summed E-state index contributed by atoms with van der Waals surface area (Å²) >= 11 is 0. The minimum absolute atomic E-state index is 0.147. The SMILES string of the molecule is COC(=O)c1ccc(NC(=O)C(=O)NCc2ccc(OC)c(OC)c2)cc1. The normalized spacial score (nSPS) is 9.89. The number of anilines is 1. The molecule has 2 aromatic rings. The van der Waals surface area contributed by atoms with Gasteiger partial charge in [-0.25, -0.2) is 4.79 Å². The molecule has 8 nitrogen and oxygen atoms in total. The monoisotopic (exact) mass is 372 g/mol. The number of amides is 2. The van der Waals surface area contributed by atoms with Crippen LogP contribution in [0.4, 0.5) is 5.69 Å². The highest BCUT2D eigenvalue weighted by Crippen LogP contribution is 2.27. The summed E-state index contributed by atoms with van der Waals surface area (Å²) in [6, 6.07) is 11.2. The van der Waals surface area contributed by atoms with Gasteiger partial charge in [0.25, 0.3) is 0 Å². The van der Waals surface area contributed by atoms with E-state index in [1.54, 1.807) is 18.2 Å². The molecule has 2 aromatic carbocycles. The Morgan fingerprint density at radius 1 is 0.852 bits per heavy atom. The van der Waals surface area contributed by atoms with Crippen LogP contribution in [0, 0.1) is 0 Å². The van der Waals surface area contributed by atoms with Crippen LogP contribution >= 0.6 is 0 Å². The van der Waals surface area contributed by atoms with Crippen molar-refractivity contribution < 1.29 is 28.6 Å². The third-order valence-electron chi connectivity index (χ3n) is 3.67. The van der Waals surface area contributed by atoms with Gasteiger partial charge < -0.3 is 24.8 Å². The van der Waals surface area contributed by atoms with Crippen LogP contribution < -0.4 is 20.1 Å². The molecule has 0 heterocycles. The van der Waals surface area contributed by atoms with Crippen LogP contribution in [0.25, 0.3) is 0 Å². The Morgan fingerprint density at radius 2 is 1.52 bits per heavy atom. The molecule has 27 heavy (non-hydrogen) atoms. The summed E-state index contributed by atoms with van der Waals surface area (Å²) < 4.78 is 14.9. The van der Waals surface area contributed by atoms with Gasteiger partial charge in [-0.15, -0.1) is 0 Å². The van der Waals surface area contributed by atoms with Crippen molar-refractivity contribution in [3.63, 3.8) is 0 Å². The van der Waals surface area contributed by atoms with Gasteiger partial charge in [-0.3, -0.25) is 9.59 Å². The van der Waals surface area contributed by atoms with Gasteiger partial charge in [-0.1, -0.05) is 6.07 Å². The molecule has 2 rings (SSSR count). The first-order valence-electron chi connectivity index (χ1n) is 7.97. The van der Waals surface area contributed by atoms with E-state index in [0.717, 1.165) is 5.56 Å². The number of nitrogens with one attached hydrogen (secondary N) is 2. The maximum Gasteiger partial charge on any atom is 0.337 e. The molecule has 0 bridgehead atoms. The number of rotatable bonds is 6. The van der Waals surface area contributed by atoms with Gasteiger partial charge in [0.15, 0.2) is 11.5 Å². The van der Waals surface area contributed by atoms with Gasteiger partial charge in [0, 0.05) is 12.2 Å². The number of ether oxygens (including phenoxy) is 3. The summed E-state index contributed by atoms with van der Waals surface area (Å²) in [7, 11) is 4.32. The van der Waals surface area contributed by atoms with E-state index in [9.17, 15) is 14.4 Å². The highest BCUT2D eigenvalue weighted by molar-refractivity contribution is 6.39. The molecular formula is C19H20N2O6. The van der Waals surface area contributed by atoms with Crippen molar-refractivity contribution in [3.8, 4) is 11.5 Å². The minimum atomic E-state index is -0.818. The fraction of sp³-hybridized carbons (Fsp3) is 0.211. The molecule has 0 saturated carbocycles. The number of hydrogen-bond donors (Lipinski definition) is 2. The van der Waals surface area contributed by atoms with Crippen molar-refractivity contribution in [2.24, 2.45) is 0 Å². The summed E-state index contributed by atoms with van der Waals surface area (Å²) in [5, 5.41) is 4.98. The molecular weight excluding hydrogens is 352 g/mol. The lowest BCUT2D eigenvalue weighted by molar-refractivity contribution is -0.136. The molecule has 0 aliphatic rings. The molecule has 2 N–H and O–H groups in total. The second kappa shape index (κ2) is 9.23. The number of benzene rings is 2. The van der Waals surface area contributed by atoms with Crippen molar-refractivity contribution in [2.45, 2.75) is 6.54 Å². The first kappa shape index (κ1) is 19.8. The Kier molecular flexibility index (Phi) is 6.76. The van der Waals surface area contributed by atoms with E-state index < -0.39 is 17.8 Å². The van der Waals surface area contributed by atoms with Gasteiger partial charge >= 0.3 is 17.8 Å². The molecule has 0 aromatic heterocycles. The molecule has 0 saturated heterocycles. The number of hydrogen-bond acceptors (Lipinski definition) is 6. The fourth-order valence-electron chi connectivity index (χ4n) is 2.25. The number of esters is 1. The zero-order valence-electron chi connectivity index (χ0n) is 15.2. The number of carbonyl (C=O) groups excluding carboxylic acids is 3. The highest BCUT2D eigenvalue weighted by atomic mass is 16.5. The summed E-state index contributed by atoms with van der Waals surface area (Å²) in [6.45, 7) is 0.147. The smallest absolute Gasteiger partial charge is 0.337 e. The zero-order valence-corrected chi connectivity index (χ0v) is 15.2. The standard InChI is InChI=1S/C19H20N2O6/c1-25-15-9-4-12(10-16(15)26-2)11-20-17(22)18(23)21-14-7-5-13(6-8-14)19(24)27-3/h4-10H,11H2,1-3H3,(H,20,22)(H,21,23). The minimum Gasteiger partial charge on any atom is -0.493 e. The Labute approximate surface area is 156 Å². The predicted molar refractivity (Wildman–Crippen MR) is 97.8 cm³/mol. The molecule has 2 amide bonds. The molecule has 0 aliphatic carbocycles. The van der Waals surface area contributed by atoms with Gasteiger partial charge in [0.2, 0.25) is 0 Å². The van der Waals surface area contributed by atoms with Gasteiger partial charge in [-0.05, 0) is 42.0 Å². The van der Waals surface area contributed by atoms with Crippen molar-refractivity contribution in [2.75, 3.05) is 26.6 Å². The molecule has 0 radical (unpaired) electrons. The lowest BCUT2D eigenvalue weighted by Gasteiger charge is -2.10. The van der Waals surface area contributed by atoms with E-state index in [0.29, 0.717) is 22.7 Å². The van der Waals surface area contributed by atoms with Gasteiger partial charge in [0.1, 0.15) is 0 Å². The second-order valence-corrected chi connectivity index (χ2v) is 5.40. The van der Waals surface area contributed by atoms with Crippen molar-refractivity contribution in [1.82, 2.24) is 5.32 Å². The summed E-state index contributed by atoms with van der Waals surface area (Å²) in [5.41, 5.74) is 1.47. The Hall–Kier alpha value is -3.55. The highest BCUT2D eigenvalue weighted by Gasteiger charge is 2.14. The molecule has 0 spiro atoms. The number of carbonyl (C=O) groups is 3. The molecule has 142 valence electrons. The first-order chi connectivity index (χ1) is 13.0. The van der Waals surface area contributed by atoms with Crippen LogP contribution in [-0.4, -0.2) is 39.1 Å². The van der Waals surface area contributed by atoms with Gasteiger partial charge in [0.05, 0.1) is 26.9 Å². The summed E-state index contributed by atoms with van der Waals surface area (Å²) in [4.78, 5) is 35.3. The largest absolute Gasteiger partial charge is 0.493 e. The third kappa shape index (κ3) is 5.21. The molecule has 0 fully saturated rings. The van der Waals surface area contributed by atoms with Crippen molar-refractivity contribution in [3.05, 3.63) is 53.6 Å². The quantitative estimate of drug-likeness (QED) is 0.591. The van der Waals surface area contributed by atoms with Crippen molar-refractivity contribution in [1.29, 1.82) is 0 Å². The van der Waals surface area contributed by atoms with Crippen LogP contribution in [0.2, 0.25) is 0 Å². The molecule has 8 heteroatoms. The Balaban J connectivity index is 1.92. The molecule has 0 aliphatic heterocycles. The van der Waals surface area contributed by atoms with Crippen molar-refractivity contribution >= 4 is 23.5 Å². The van der Waals surface area contributed by atoms with Crippen LogP contribution in [-0.2, 0) is 20.9 Å². The predicted octanol–water partition coefficient (Wildman–Crippen LogP) is 1.75. The van der Waals surface area contributed by atoms with E-state index in [1.807, 2.05) is 0 Å². The summed E-state index contributed by atoms with van der Waals surface area (Å²) in [6.07, 6.45) is 0. The average molecular weight is 372 g/mol. The molecule has 0 unspecified atom stereocenters. The van der Waals surface area contributed by atoms with E-state index in [1.165, 1.54) is 45.6 Å². The maximum absolute atomic E-state index is 12.0. The maximum atomic E-state index is 12.0. The van der Waals surface area contributed by atoms with E-state index >= 15 is 0 Å². The second-order valence-electron chi connectivity index (χ2n) is 5.40. The van der Waals surface area contributed by atoms with Gasteiger partial charge in [-0.2, -0.15) is 0 Å². The Morgan fingerprint density at radius 3 is 2.11 bits per heavy atom. The lowest BCUT2D eigenvalue weighted by Crippen LogP contribution is -2.34. The zero-order chi connectivity index (χ0) is 19.8. The Bertz CT molecular complexity index is 833. The summed E-state index contributed by atoms with van der Waals surface area (Å²) in [5.74, 6) is -0.996. The van der Waals surface area contributed by atoms with Crippen LogP contribution in [0.1, 0.15) is 15.9 Å². The first-order valence-corrected chi connectivity index (χ1v) is 7.97. The number of methoxy groups -OCH3 is 3. The lowest BCUT2D eigenvalue weighted by atomic mass is 10.2. The third-order valence-corrected chi connectivity index (χ3v) is 3.67. The van der Waals surface area contributed by atoms with Crippen LogP contribution in [0.5, 0.6) is 11.5 Å². The van der Waals surface area contributed by atoms with Crippen LogP contribution in [0.15, 0.2) is 42.5 Å². The van der Waals surface area contributed by atoms with E-state index in [4.69, 9.17) is 9.47 Å². The topological polar surface area (TPSA) is 103 Å². The molecule has 0 atom stereocenters. The van der Waals surface area contributed by atoms with E-state index in [2.05, 4.69) is 15.4 Å². The van der Waals surface area contributed by atoms with E-state index in [-0.39, 0.29) is 6.54 Å².